The van der Waals surface area contributed by atoms with E-state index >= 15 is 0 Å². The SMILES string of the molecule is C=C(CCCC1CC=CC(C/C=C\C=O)O1)CCC1(N)OC1CC(OC)C(/C=C/C1CC=CCO1)CCC. The molecule has 6 heteroatoms. The average molecular weight is 528 g/mol. The monoisotopic (exact) mass is 527 g/mol. The van der Waals surface area contributed by atoms with Crippen molar-refractivity contribution >= 4 is 6.29 Å². The molecule has 212 valence electrons. The Hall–Kier alpha value is -1.83. The standard InChI is InChI=1S/C32H49NO5/c1-4-11-26(18-19-27-13-6-8-23-36-27)30(35-3)24-31-32(33,38-31)21-20-25(2)12-9-15-29-17-10-16-28(37-29)14-5-7-22-34/h5-8,10,16,18-19,22,26-31H,2,4,9,11-15,17,20-21,23-24,33H2,1,3H3/b7-5-,19-18+. The number of methoxy groups -OCH3 is 1. The average Bonchev–Trinajstić information content (AvgIpc) is 3.58. The van der Waals surface area contributed by atoms with Crippen molar-refractivity contribution in [1.82, 2.24) is 0 Å². The van der Waals surface area contributed by atoms with Crippen molar-refractivity contribution in [3.63, 3.8) is 0 Å². The van der Waals surface area contributed by atoms with Gasteiger partial charge in [-0.1, -0.05) is 68.0 Å². The van der Waals surface area contributed by atoms with Crippen LogP contribution in [0.1, 0.15) is 77.6 Å². The second kappa shape index (κ2) is 16.3. The number of carbonyl (C=O) groups excluding carboxylic acids is 1. The van der Waals surface area contributed by atoms with Gasteiger partial charge in [-0.25, -0.2) is 0 Å². The van der Waals surface area contributed by atoms with Gasteiger partial charge in [0.2, 0.25) is 0 Å². The molecule has 3 rings (SSSR count). The number of rotatable bonds is 18. The molecule has 0 saturated carbocycles. The van der Waals surface area contributed by atoms with Crippen LogP contribution in [-0.4, -0.2) is 56.2 Å². The van der Waals surface area contributed by atoms with Crippen molar-refractivity contribution in [3.05, 3.63) is 60.8 Å². The summed E-state index contributed by atoms with van der Waals surface area (Å²) in [4.78, 5) is 10.5. The molecule has 7 atom stereocenters. The van der Waals surface area contributed by atoms with Crippen LogP contribution in [0, 0.1) is 5.92 Å². The largest absolute Gasteiger partial charge is 0.381 e. The van der Waals surface area contributed by atoms with Crippen LogP contribution in [0.25, 0.3) is 0 Å². The van der Waals surface area contributed by atoms with Crippen molar-refractivity contribution < 1.29 is 23.7 Å². The molecule has 2 N–H and O–H groups in total. The van der Waals surface area contributed by atoms with Crippen molar-refractivity contribution in [2.24, 2.45) is 11.7 Å². The fourth-order valence-electron chi connectivity index (χ4n) is 5.44. The van der Waals surface area contributed by atoms with Gasteiger partial charge in [-0.15, -0.1) is 0 Å². The van der Waals surface area contributed by atoms with Crippen molar-refractivity contribution in [3.8, 4) is 0 Å². The third-order valence-corrected chi connectivity index (χ3v) is 7.84. The van der Waals surface area contributed by atoms with E-state index in [1.54, 1.807) is 7.11 Å². The Labute approximate surface area is 230 Å². The van der Waals surface area contributed by atoms with Gasteiger partial charge in [-0.05, 0) is 63.9 Å². The first-order chi connectivity index (χ1) is 18.5. The maximum atomic E-state index is 10.5. The summed E-state index contributed by atoms with van der Waals surface area (Å²) in [5.74, 6) is 0.320. The Morgan fingerprint density at radius 1 is 1.26 bits per heavy atom. The second-order valence-corrected chi connectivity index (χ2v) is 10.9. The first-order valence-corrected chi connectivity index (χ1v) is 14.5. The van der Waals surface area contributed by atoms with E-state index in [1.165, 1.54) is 11.6 Å². The van der Waals surface area contributed by atoms with E-state index in [0.717, 1.165) is 76.9 Å². The molecular weight excluding hydrogens is 478 g/mol. The Morgan fingerprint density at radius 3 is 2.87 bits per heavy atom. The Balaban J connectivity index is 1.35. The predicted molar refractivity (Wildman–Crippen MR) is 153 cm³/mol. The summed E-state index contributed by atoms with van der Waals surface area (Å²) in [6, 6.07) is 0. The maximum Gasteiger partial charge on any atom is 0.144 e. The Bertz CT molecular complexity index is 849. The zero-order valence-electron chi connectivity index (χ0n) is 23.5. The summed E-state index contributed by atoms with van der Waals surface area (Å²) in [6.07, 6.45) is 28.0. The normalized spacial score (nSPS) is 30.6. The molecule has 0 radical (unpaired) electrons. The van der Waals surface area contributed by atoms with Crippen LogP contribution < -0.4 is 5.73 Å². The number of nitrogens with two attached hydrogens (primary N) is 1. The van der Waals surface area contributed by atoms with Gasteiger partial charge in [0, 0.05) is 19.4 Å². The minimum atomic E-state index is -0.572. The lowest BCUT2D eigenvalue weighted by atomic mass is 9.90. The second-order valence-electron chi connectivity index (χ2n) is 10.9. The summed E-state index contributed by atoms with van der Waals surface area (Å²) >= 11 is 0. The van der Waals surface area contributed by atoms with Crippen LogP contribution in [0.4, 0.5) is 0 Å². The molecular formula is C32H49NO5. The highest BCUT2D eigenvalue weighted by Gasteiger charge is 2.53. The summed E-state index contributed by atoms with van der Waals surface area (Å²) in [5.41, 5.74) is 7.25. The Morgan fingerprint density at radius 2 is 2.13 bits per heavy atom. The minimum Gasteiger partial charge on any atom is -0.381 e. The van der Waals surface area contributed by atoms with Crippen LogP contribution in [0.2, 0.25) is 0 Å². The van der Waals surface area contributed by atoms with E-state index in [-0.39, 0.29) is 30.5 Å². The van der Waals surface area contributed by atoms with E-state index in [4.69, 9.17) is 24.7 Å². The van der Waals surface area contributed by atoms with Gasteiger partial charge in [-0.3, -0.25) is 4.79 Å². The molecule has 3 aliphatic heterocycles. The molecule has 7 unspecified atom stereocenters. The van der Waals surface area contributed by atoms with Gasteiger partial charge in [0.25, 0.3) is 0 Å². The van der Waals surface area contributed by atoms with Crippen LogP contribution in [0.15, 0.2) is 60.8 Å². The van der Waals surface area contributed by atoms with Crippen molar-refractivity contribution in [2.75, 3.05) is 13.7 Å². The van der Waals surface area contributed by atoms with Crippen LogP contribution in [0.5, 0.6) is 0 Å². The highest BCUT2D eigenvalue weighted by Crippen LogP contribution is 2.41. The number of epoxide rings is 1. The van der Waals surface area contributed by atoms with Gasteiger partial charge in [0.15, 0.2) is 0 Å². The lowest BCUT2D eigenvalue weighted by molar-refractivity contribution is -0.104. The number of carbonyl (C=O) groups is 1. The van der Waals surface area contributed by atoms with Crippen molar-refractivity contribution in [1.29, 1.82) is 0 Å². The summed E-state index contributed by atoms with van der Waals surface area (Å²) < 4.78 is 23.9. The van der Waals surface area contributed by atoms with Crippen LogP contribution in [-0.2, 0) is 23.7 Å². The van der Waals surface area contributed by atoms with Gasteiger partial charge < -0.3 is 24.7 Å². The molecule has 0 amide bonds. The first-order valence-electron chi connectivity index (χ1n) is 14.5. The molecule has 38 heavy (non-hydrogen) atoms. The number of allylic oxidation sites excluding steroid dienone is 2. The molecule has 0 bridgehead atoms. The molecule has 0 aromatic rings. The van der Waals surface area contributed by atoms with Crippen LogP contribution in [0.3, 0.4) is 0 Å². The highest BCUT2D eigenvalue weighted by atomic mass is 16.6. The molecule has 1 fully saturated rings. The van der Waals surface area contributed by atoms with Gasteiger partial charge in [0.05, 0.1) is 31.0 Å². The molecule has 0 aromatic carbocycles. The Kier molecular flexibility index (Phi) is 13.2. The van der Waals surface area contributed by atoms with E-state index in [0.29, 0.717) is 12.5 Å². The third kappa shape index (κ3) is 10.4. The summed E-state index contributed by atoms with van der Waals surface area (Å²) in [5, 5.41) is 0. The number of hydrogen-bond donors (Lipinski definition) is 1. The first kappa shape index (κ1) is 30.7. The quantitative estimate of drug-likeness (QED) is 0.0999. The zero-order valence-corrected chi connectivity index (χ0v) is 23.5. The maximum absolute atomic E-state index is 10.5. The van der Waals surface area contributed by atoms with Gasteiger partial charge in [0.1, 0.15) is 18.1 Å². The highest BCUT2D eigenvalue weighted by molar-refractivity contribution is 5.64. The number of hydrogen-bond acceptors (Lipinski definition) is 6. The van der Waals surface area contributed by atoms with E-state index < -0.39 is 5.72 Å². The van der Waals surface area contributed by atoms with Crippen molar-refractivity contribution in [2.45, 2.75) is 114 Å². The van der Waals surface area contributed by atoms with Gasteiger partial charge in [-0.2, -0.15) is 0 Å². The molecule has 0 aliphatic carbocycles. The van der Waals surface area contributed by atoms with E-state index in [1.807, 2.05) is 6.08 Å². The smallest absolute Gasteiger partial charge is 0.144 e. The molecule has 3 aliphatic rings. The molecule has 0 aromatic heterocycles. The van der Waals surface area contributed by atoms with E-state index in [9.17, 15) is 4.79 Å². The lowest BCUT2D eigenvalue weighted by Gasteiger charge is -2.25. The fourth-order valence-corrected chi connectivity index (χ4v) is 5.44. The third-order valence-electron chi connectivity index (χ3n) is 7.84. The number of aldehydes is 1. The van der Waals surface area contributed by atoms with Crippen LogP contribution >= 0.6 is 0 Å². The topological polar surface area (TPSA) is 83.3 Å². The fraction of sp³-hybridized carbons (Fsp3) is 0.656. The predicted octanol–water partition coefficient (Wildman–Crippen LogP) is 6.13. The molecule has 6 nitrogen and oxygen atoms in total. The molecule has 3 heterocycles. The molecule has 0 spiro atoms. The molecule has 1 saturated heterocycles. The number of ether oxygens (including phenoxy) is 4. The lowest BCUT2D eigenvalue weighted by Crippen LogP contribution is -2.31. The summed E-state index contributed by atoms with van der Waals surface area (Å²) in [7, 11) is 1.79. The van der Waals surface area contributed by atoms with Gasteiger partial charge >= 0.3 is 0 Å². The zero-order chi connectivity index (χ0) is 27.2. The van der Waals surface area contributed by atoms with E-state index in [2.05, 4.69) is 50.0 Å². The minimum absolute atomic E-state index is 0.0227. The summed E-state index contributed by atoms with van der Waals surface area (Å²) in [6.45, 7) is 7.19.